The average molecular weight is 315 g/mol. The van der Waals surface area contributed by atoms with Crippen LogP contribution in [-0.4, -0.2) is 21.3 Å². The Kier molecular flexibility index (Phi) is 3.81. The van der Waals surface area contributed by atoms with Crippen LogP contribution in [0.4, 0.5) is 0 Å². The van der Waals surface area contributed by atoms with E-state index in [2.05, 4.69) is 16.4 Å². The van der Waals surface area contributed by atoms with Crippen LogP contribution in [0.15, 0.2) is 48.8 Å². The van der Waals surface area contributed by atoms with Gasteiger partial charge in [0.05, 0.1) is 29.6 Å². The van der Waals surface area contributed by atoms with E-state index in [0.29, 0.717) is 6.42 Å². The zero-order valence-electron chi connectivity index (χ0n) is 13.2. The van der Waals surface area contributed by atoms with Crippen molar-refractivity contribution >= 4 is 0 Å². The van der Waals surface area contributed by atoms with E-state index in [9.17, 15) is 0 Å². The first-order valence-corrected chi connectivity index (χ1v) is 8.05. The van der Waals surface area contributed by atoms with Crippen molar-refractivity contribution in [1.82, 2.24) is 20.1 Å². The molecule has 0 radical (unpaired) electrons. The molecule has 3 heterocycles. The van der Waals surface area contributed by atoms with Gasteiger partial charge >= 0.3 is 0 Å². The number of aromatic nitrogens is 3. The third-order valence-corrected chi connectivity index (χ3v) is 4.35. The maximum absolute atomic E-state index is 8.81. The van der Waals surface area contributed by atoms with Crippen LogP contribution in [0.2, 0.25) is 0 Å². The first kappa shape index (κ1) is 14.6. The van der Waals surface area contributed by atoms with Crippen LogP contribution in [0.5, 0.6) is 0 Å². The van der Waals surface area contributed by atoms with Gasteiger partial charge in [0.25, 0.3) is 0 Å². The standard InChI is InChI=1S/C19H17N5/c20-9-5-14-1-3-16(4-2-14)24-18-8-12-22-13-17(18)19(23-24)15-6-10-21-11-7-15/h1-4,6-7,10-11,22H,5,8,12-13H2. The number of rotatable bonds is 3. The predicted octanol–water partition coefficient (Wildman–Crippen LogP) is 2.65. The van der Waals surface area contributed by atoms with E-state index in [1.54, 1.807) is 12.4 Å². The van der Waals surface area contributed by atoms with Crippen molar-refractivity contribution in [1.29, 1.82) is 5.26 Å². The molecule has 24 heavy (non-hydrogen) atoms. The van der Waals surface area contributed by atoms with E-state index in [0.717, 1.165) is 42.0 Å². The lowest BCUT2D eigenvalue weighted by Crippen LogP contribution is -2.24. The summed E-state index contributed by atoms with van der Waals surface area (Å²) in [6.07, 6.45) is 4.98. The van der Waals surface area contributed by atoms with E-state index in [4.69, 9.17) is 10.4 Å². The van der Waals surface area contributed by atoms with Crippen LogP contribution < -0.4 is 5.32 Å². The molecule has 4 rings (SSSR count). The normalized spacial score (nSPS) is 13.3. The largest absolute Gasteiger partial charge is 0.312 e. The zero-order chi connectivity index (χ0) is 16.4. The van der Waals surface area contributed by atoms with Crippen molar-refractivity contribution in [2.24, 2.45) is 0 Å². The minimum Gasteiger partial charge on any atom is -0.312 e. The third kappa shape index (κ3) is 2.57. The Morgan fingerprint density at radius 2 is 1.92 bits per heavy atom. The van der Waals surface area contributed by atoms with Gasteiger partial charge in [0, 0.05) is 43.0 Å². The van der Waals surface area contributed by atoms with Crippen LogP contribution in [0.1, 0.15) is 16.8 Å². The van der Waals surface area contributed by atoms with E-state index >= 15 is 0 Å². The fourth-order valence-electron chi connectivity index (χ4n) is 3.15. The molecule has 1 aliphatic rings. The summed E-state index contributed by atoms with van der Waals surface area (Å²) in [4.78, 5) is 4.10. The summed E-state index contributed by atoms with van der Waals surface area (Å²) >= 11 is 0. The highest BCUT2D eigenvalue weighted by Gasteiger charge is 2.22. The molecule has 5 heteroatoms. The van der Waals surface area contributed by atoms with Crippen LogP contribution in [0.3, 0.4) is 0 Å². The fourth-order valence-corrected chi connectivity index (χ4v) is 3.15. The second kappa shape index (κ2) is 6.26. The number of pyridine rings is 1. The van der Waals surface area contributed by atoms with Crippen LogP contribution in [-0.2, 0) is 19.4 Å². The summed E-state index contributed by atoms with van der Waals surface area (Å²) in [5, 5.41) is 17.1. The average Bonchev–Trinajstić information content (AvgIpc) is 3.03. The number of benzene rings is 1. The molecule has 0 spiro atoms. The molecule has 1 aliphatic heterocycles. The molecule has 0 unspecified atom stereocenters. The Morgan fingerprint density at radius 3 is 2.67 bits per heavy atom. The van der Waals surface area contributed by atoms with Crippen LogP contribution >= 0.6 is 0 Å². The van der Waals surface area contributed by atoms with Gasteiger partial charge < -0.3 is 5.32 Å². The van der Waals surface area contributed by atoms with Crippen LogP contribution in [0.25, 0.3) is 16.9 Å². The number of nitrogens with zero attached hydrogens (tertiary/aromatic N) is 4. The summed E-state index contributed by atoms with van der Waals surface area (Å²) in [6.45, 7) is 1.79. The summed E-state index contributed by atoms with van der Waals surface area (Å²) in [5.74, 6) is 0. The Hall–Kier alpha value is -2.97. The maximum atomic E-state index is 8.81. The lowest BCUT2D eigenvalue weighted by molar-refractivity contribution is 0.623. The molecule has 0 bridgehead atoms. The fraction of sp³-hybridized carbons (Fsp3) is 0.211. The van der Waals surface area contributed by atoms with Crippen molar-refractivity contribution in [3.63, 3.8) is 0 Å². The van der Waals surface area contributed by atoms with Crippen molar-refractivity contribution in [2.45, 2.75) is 19.4 Å². The molecule has 118 valence electrons. The van der Waals surface area contributed by atoms with Gasteiger partial charge in [0.15, 0.2) is 0 Å². The lowest BCUT2D eigenvalue weighted by atomic mass is 10.0. The van der Waals surface area contributed by atoms with Gasteiger partial charge in [-0.05, 0) is 29.8 Å². The molecule has 1 N–H and O–H groups in total. The van der Waals surface area contributed by atoms with Crippen LogP contribution in [0, 0.1) is 11.3 Å². The van der Waals surface area contributed by atoms with E-state index in [1.165, 1.54) is 11.3 Å². The molecule has 0 saturated heterocycles. The van der Waals surface area contributed by atoms with Crippen molar-refractivity contribution < 1.29 is 0 Å². The summed E-state index contributed by atoms with van der Waals surface area (Å²) < 4.78 is 2.04. The zero-order valence-corrected chi connectivity index (χ0v) is 13.2. The Morgan fingerprint density at radius 1 is 1.12 bits per heavy atom. The van der Waals surface area contributed by atoms with E-state index < -0.39 is 0 Å². The quantitative estimate of drug-likeness (QED) is 0.807. The second-order valence-corrected chi connectivity index (χ2v) is 5.85. The molecule has 2 aromatic heterocycles. The second-order valence-electron chi connectivity index (χ2n) is 5.85. The lowest BCUT2D eigenvalue weighted by Gasteiger charge is -2.15. The van der Waals surface area contributed by atoms with Gasteiger partial charge in [-0.2, -0.15) is 10.4 Å². The molecular formula is C19H17N5. The van der Waals surface area contributed by atoms with Gasteiger partial charge in [-0.3, -0.25) is 4.98 Å². The number of hydrogen-bond acceptors (Lipinski definition) is 4. The number of nitriles is 1. The first-order chi connectivity index (χ1) is 11.9. The minimum absolute atomic E-state index is 0.434. The molecule has 5 nitrogen and oxygen atoms in total. The topological polar surface area (TPSA) is 66.5 Å². The monoisotopic (exact) mass is 315 g/mol. The number of hydrogen-bond donors (Lipinski definition) is 1. The summed E-state index contributed by atoms with van der Waals surface area (Å²) in [7, 11) is 0. The van der Waals surface area contributed by atoms with E-state index in [1.807, 2.05) is 41.1 Å². The number of nitrogens with one attached hydrogen (secondary N) is 1. The highest BCUT2D eigenvalue weighted by molar-refractivity contribution is 5.65. The SMILES string of the molecule is N#CCc1ccc(-n2nc(-c3ccncc3)c3c2CCNC3)cc1. The van der Waals surface area contributed by atoms with Crippen molar-refractivity contribution in [3.05, 3.63) is 65.6 Å². The minimum atomic E-state index is 0.434. The molecule has 1 aromatic carbocycles. The smallest absolute Gasteiger partial charge is 0.0976 e. The Labute approximate surface area is 140 Å². The highest BCUT2D eigenvalue weighted by Crippen LogP contribution is 2.29. The van der Waals surface area contributed by atoms with Gasteiger partial charge in [0.1, 0.15) is 0 Å². The van der Waals surface area contributed by atoms with Gasteiger partial charge in [-0.25, -0.2) is 4.68 Å². The molecule has 0 aliphatic carbocycles. The number of fused-ring (bicyclic) bond motifs is 1. The highest BCUT2D eigenvalue weighted by atomic mass is 15.3. The van der Waals surface area contributed by atoms with Gasteiger partial charge in [-0.1, -0.05) is 12.1 Å². The Bertz CT molecular complexity index is 888. The maximum Gasteiger partial charge on any atom is 0.0976 e. The summed E-state index contributed by atoms with van der Waals surface area (Å²) in [5.41, 5.74) is 6.68. The van der Waals surface area contributed by atoms with E-state index in [-0.39, 0.29) is 0 Å². The van der Waals surface area contributed by atoms with Crippen molar-refractivity contribution in [3.8, 4) is 23.0 Å². The van der Waals surface area contributed by atoms with Gasteiger partial charge in [0.2, 0.25) is 0 Å². The molecule has 0 atom stereocenters. The first-order valence-electron chi connectivity index (χ1n) is 8.05. The molecule has 0 amide bonds. The Balaban J connectivity index is 1.81. The predicted molar refractivity (Wildman–Crippen MR) is 91.5 cm³/mol. The molecular weight excluding hydrogens is 298 g/mol. The molecule has 3 aromatic rings. The third-order valence-electron chi connectivity index (χ3n) is 4.35. The van der Waals surface area contributed by atoms with Gasteiger partial charge in [-0.15, -0.1) is 0 Å². The molecule has 0 fully saturated rings. The molecule has 0 saturated carbocycles. The van der Waals surface area contributed by atoms with Crippen molar-refractivity contribution in [2.75, 3.05) is 6.54 Å². The summed E-state index contributed by atoms with van der Waals surface area (Å²) in [6, 6.07) is 14.3.